The highest BCUT2D eigenvalue weighted by Crippen LogP contribution is 2.38. The molecule has 6 heteroatoms. The summed E-state index contributed by atoms with van der Waals surface area (Å²) in [4.78, 5) is 13.2. The van der Waals surface area contributed by atoms with Gasteiger partial charge < -0.3 is 4.74 Å². The fraction of sp³-hybridized carbons (Fsp3) is 0.154. The van der Waals surface area contributed by atoms with Crippen molar-refractivity contribution in [2.45, 2.75) is 6.42 Å². The lowest BCUT2D eigenvalue weighted by molar-refractivity contribution is 0.103. The molecule has 98 valence electrons. The molecule has 0 fully saturated rings. The Morgan fingerprint density at radius 3 is 2.79 bits per heavy atom. The molecule has 0 bridgehead atoms. The first-order valence-corrected chi connectivity index (χ1v) is 8.29. The van der Waals surface area contributed by atoms with Crippen molar-refractivity contribution in [2.75, 3.05) is 6.61 Å². The third-order valence-corrected chi connectivity index (χ3v) is 6.34. The molecule has 1 aliphatic heterocycles. The molecule has 1 aromatic heterocycles. The van der Waals surface area contributed by atoms with Crippen molar-refractivity contribution >= 4 is 60.6 Å². The van der Waals surface area contributed by atoms with Crippen molar-refractivity contribution in [3.63, 3.8) is 0 Å². The number of hydrogen-bond acceptors (Lipinski definition) is 3. The number of benzene rings is 1. The normalized spacial score (nSPS) is 13.2. The van der Waals surface area contributed by atoms with E-state index in [1.807, 2.05) is 6.07 Å². The Morgan fingerprint density at radius 1 is 1.32 bits per heavy atom. The van der Waals surface area contributed by atoms with Crippen LogP contribution in [0.3, 0.4) is 0 Å². The molecule has 0 N–H and O–H groups in total. The van der Waals surface area contributed by atoms with Crippen LogP contribution in [0.25, 0.3) is 0 Å². The van der Waals surface area contributed by atoms with E-state index in [9.17, 15) is 4.79 Å². The highest BCUT2D eigenvalue weighted by molar-refractivity contribution is 9.13. The van der Waals surface area contributed by atoms with Crippen LogP contribution in [0.1, 0.15) is 20.8 Å². The molecule has 1 aromatic carbocycles. The number of fused-ring (bicyclic) bond motifs is 1. The monoisotopic (exact) mass is 420 g/mol. The Morgan fingerprint density at radius 2 is 2.11 bits per heavy atom. The van der Waals surface area contributed by atoms with Crippen LogP contribution in [0.4, 0.5) is 0 Å². The second-order valence-corrected chi connectivity index (χ2v) is 7.76. The number of rotatable bonds is 2. The lowest BCUT2D eigenvalue weighted by atomic mass is 10.0. The van der Waals surface area contributed by atoms with Gasteiger partial charge >= 0.3 is 0 Å². The molecule has 0 saturated heterocycles. The second-order valence-electron chi connectivity index (χ2n) is 4.10. The Labute approximate surface area is 136 Å². The Hall–Kier alpha value is -0.360. The number of carbonyl (C=O) groups excluding carboxylic acids is 1. The third-order valence-electron chi connectivity index (χ3n) is 2.86. The summed E-state index contributed by atoms with van der Waals surface area (Å²) in [7, 11) is 0. The van der Waals surface area contributed by atoms with Gasteiger partial charge in [0.05, 0.1) is 20.8 Å². The summed E-state index contributed by atoms with van der Waals surface area (Å²) in [6, 6.07) is 5.34. The fourth-order valence-electron chi connectivity index (χ4n) is 2.03. The lowest BCUT2D eigenvalue weighted by Crippen LogP contribution is -2.02. The zero-order valence-electron chi connectivity index (χ0n) is 9.50. The average molecular weight is 423 g/mol. The van der Waals surface area contributed by atoms with Gasteiger partial charge in [-0.3, -0.25) is 4.79 Å². The third kappa shape index (κ3) is 2.49. The summed E-state index contributed by atoms with van der Waals surface area (Å²) in [5.74, 6) is 0.618. The molecule has 0 unspecified atom stereocenters. The van der Waals surface area contributed by atoms with Gasteiger partial charge in [0, 0.05) is 15.9 Å². The highest BCUT2D eigenvalue weighted by atomic mass is 79.9. The van der Waals surface area contributed by atoms with Crippen molar-refractivity contribution in [3.05, 3.63) is 47.5 Å². The van der Waals surface area contributed by atoms with E-state index in [2.05, 4.69) is 31.9 Å². The summed E-state index contributed by atoms with van der Waals surface area (Å²) in [5.41, 5.74) is 1.55. The van der Waals surface area contributed by atoms with Crippen LogP contribution in [-0.2, 0) is 6.42 Å². The molecule has 3 rings (SSSR count). The summed E-state index contributed by atoms with van der Waals surface area (Å²) in [6.45, 7) is 0.605. The van der Waals surface area contributed by atoms with Crippen molar-refractivity contribution in [3.8, 4) is 5.75 Å². The highest BCUT2D eigenvalue weighted by Gasteiger charge is 2.24. The van der Waals surface area contributed by atoms with Gasteiger partial charge in [0.15, 0.2) is 0 Å². The molecule has 0 saturated carbocycles. The van der Waals surface area contributed by atoms with Crippen molar-refractivity contribution in [1.82, 2.24) is 0 Å². The molecule has 0 aliphatic carbocycles. The van der Waals surface area contributed by atoms with E-state index in [1.165, 1.54) is 11.3 Å². The van der Waals surface area contributed by atoms with E-state index in [1.54, 1.807) is 12.1 Å². The van der Waals surface area contributed by atoms with Gasteiger partial charge in [-0.15, -0.1) is 11.3 Å². The van der Waals surface area contributed by atoms with Gasteiger partial charge in [0.1, 0.15) is 5.75 Å². The number of carbonyl (C=O) groups is 1. The van der Waals surface area contributed by atoms with E-state index < -0.39 is 0 Å². The van der Waals surface area contributed by atoms with Crippen LogP contribution in [-0.4, -0.2) is 12.4 Å². The van der Waals surface area contributed by atoms with Crippen molar-refractivity contribution < 1.29 is 9.53 Å². The molecule has 0 radical (unpaired) electrons. The zero-order valence-corrected chi connectivity index (χ0v) is 14.2. The van der Waals surface area contributed by atoms with E-state index >= 15 is 0 Å². The fourth-order valence-corrected chi connectivity index (χ4v) is 4.26. The largest absolute Gasteiger partial charge is 0.492 e. The Kier molecular flexibility index (Phi) is 3.73. The Bertz CT molecular complexity index is 662. The summed E-state index contributed by atoms with van der Waals surface area (Å²) in [6.07, 6.45) is 0.800. The first kappa shape index (κ1) is 13.6. The Balaban J connectivity index is 2.09. The molecule has 0 amide bonds. The number of halogens is 3. The summed E-state index contributed by atoms with van der Waals surface area (Å²) in [5, 5.41) is 0.572. The van der Waals surface area contributed by atoms with Crippen LogP contribution in [0.15, 0.2) is 26.5 Å². The molecular formula is C13H7Br2ClO2S. The molecular weight excluding hydrogens is 415 g/mol. The van der Waals surface area contributed by atoms with Gasteiger partial charge in [0.25, 0.3) is 0 Å². The van der Waals surface area contributed by atoms with E-state index in [0.29, 0.717) is 27.8 Å². The van der Waals surface area contributed by atoms with E-state index in [-0.39, 0.29) is 5.78 Å². The van der Waals surface area contributed by atoms with Crippen LogP contribution in [0.2, 0.25) is 5.02 Å². The van der Waals surface area contributed by atoms with Crippen molar-refractivity contribution in [1.29, 1.82) is 0 Å². The van der Waals surface area contributed by atoms with Gasteiger partial charge in [-0.1, -0.05) is 11.6 Å². The summed E-state index contributed by atoms with van der Waals surface area (Å²) >= 11 is 14.2. The maximum Gasteiger partial charge on any atom is 0.206 e. The first-order chi connectivity index (χ1) is 9.06. The molecule has 1 aliphatic rings. The minimum atomic E-state index is -0.0583. The molecule has 19 heavy (non-hydrogen) atoms. The molecule has 2 nitrogen and oxygen atoms in total. The van der Waals surface area contributed by atoms with Crippen molar-refractivity contribution in [2.24, 2.45) is 0 Å². The molecule has 0 spiro atoms. The van der Waals surface area contributed by atoms with Crippen LogP contribution in [0, 0.1) is 0 Å². The smallest absolute Gasteiger partial charge is 0.206 e. The van der Waals surface area contributed by atoms with Crippen LogP contribution < -0.4 is 4.74 Å². The predicted molar refractivity (Wildman–Crippen MR) is 83.8 cm³/mol. The zero-order chi connectivity index (χ0) is 13.6. The SMILES string of the molecule is O=C(c1cc(Br)c(Br)s1)c1cc(Cl)cc2c1OCC2. The average Bonchev–Trinajstić information content (AvgIpc) is 2.95. The quantitative estimate of drug-likeness (QED) is 0.630. The van der Waals surface area contributed by atoms with Gasteiger partial charge in [-0.25, -0.2) is 0 Å². The van der Waals surface area contributed by atoms with E-state index in [0.717, 1.165) is 20.2 Å². The number of thiophene rings is 1. The van der Waals surface area contributed by atoms with Crippen LogP contribution >= 0.6 is 54.8 Å². The number of ketones is 1. The molecule has 0 atom stereocenters. The standard InChI is InChI=1S/C13H7Br2ClO2S/c14-9-5-10(19-13(9)15)11(17)8-4-7(16)3-6-1-2-18-12(6)8/h3-5H,1-2H2. The minimum absolute atomic E-state index is 0.0583. The predicted octanol–water partition coefficient (Wildman–Crippen LogP) is 5.09. The first-order valence-electron chi connectivity index (χ1n) is 5.51. The number of ether oxygens (including phenoxy) is 1. The van der Waals surface area contributed by atoms with E-state index in [4.69, 9.17) is 16.3 Å². The maximum absolute atomic E-state index is 12.6. The molecule has 2 aromatic rings. The topological polar surface area (TPSA) is 26.3 Å². The maximum atomic E-state index is 12.6. The summed E-state index contributed by atoms with van der Waals surface area (Å²) < 4.78 is 7.34. The molecule has 2 heterocycles. The lowest BCUT2D eigenvalue weighted by Gasteiger charge is -2.06. The van der Waals surface area contributed by atoms with Gasteiger partial charge in [0.2, 0.25) is 5.78 Å². The number of hydrogen-bond donors (Lipinski definition) is 0. The van der Waals surface area contributed by atoms with Gasteiger partial charge in [-0.05, 0) is 55.6 Å². The minimum Gasteiger partial charge on any atom is -0.492 e. The van der Waals surface area contributed by atoms with Crippen LogP contribution in [0.5, 0.6) is 5.75 Å². The second kappa shape index (κ2) is 5.20. The van der Waals surface area contributed by atoms with Gasteiger partial charge in [-0.2, -0.15) is 0 Å².